The van der Waals surface area contributed by atoms with E-state index < -0.39 is 11.6 Å². The van der Waals surface area contributed by atoms with Crippen LogP contribution in [-0.2, 0) is 12.8 Å². The van der Waals surface area contributed by atoms with Crippen molar-refractivity contribution in [2.75, 3.05) is 0 Å². The molecule has 0 nitrogen and oxygen atoms in total. The summed E-state index contributed by atoms with van der Waals surface area (Å²) in [6.07, 6.45) is 9.66. The van der Waals surface area contributed by atoms with Gasteiger partial charge in [-0.25, -0.2) is 8.78 Å². The summed E-state index contributed by atoms with van der Waals surface area (Å²) in [7, 11) is 0. The highest BCUT2D eigenvalue weighted by molar-refractivity contribution is 5.27. The second-order valence-corrected chi connectivity index (χ2v) is 7.50. The third kappa shape index (κ3) is 4.90. The van der Waals surface area contributed by atoms with Crippen molar-refractivity contribution >= 4 is 0 Å². The lowest BCUT2D eigenvalue weighted by Gasteiger charge is -2.28. The first-order valence-corrected chi connectivity index (χ1v) is 9.68. The smallest absolute Gasteiger partial charge is 0.159 e. The minimum absolute atomic E-state index is 0.716. The van der Waals surface area contributed by atoms with Crippen LogP contribution in [0.1, 0.15) is 68.1 Å². The van der Waals surface area contributed by atoms with Crippen LogP contribution < -0.4 is 0 Å². The Morgan fingerprint density at radius 1 is 0.800 bits per heavy atom. The van der Waals surface area contributed by atoms with Crippen LogP contribution in [0.25, 0.3) is 0 Å². The number of halogens is 2. The van der Waals surface area contributed by atoms with Crippen LogP contribution >= 0.6 is 0 Å². The van der Waals surface area contributed by atoms with Gasteiger partial charge in [-0.05, 0) is 79.2 Å². The summed E-state index contributed by atoms with van der Waals surface area (Å²) < 4.78 is 26.2. The Bertz CT molecular complexity index is 667. The lowest BCUT2D eigenvalue weighted by molar-refractivity contribution is 0.308. The van der Waals surface area contributed by atoms with Crippen LogP contribution in [0.3, 0.4) is 0 Å². The zero-order valence-corrected chi connectivity index (χ0v) is 15.1. The van der Waals surface area contributed by atoms with Crippen LogP contribution in [0.15, 0.2) is 42.5 Å². The summed E-state index contributed by atoms with van der Waals surface area (Å²) in [4.78, 5) is 0. The Hall–Kier alpha value is -1.70. The molecule has 0 aliphatic heterocycles. The second-order valence-electron chi connectivity index (χ2n) is 7.50. The van der Waals surface area contributed by atoms with E-state index in [1.54, 1.807) is 6.07 Å². The van der Waals surface area contributed by atoms with Crippen molar-refractivity contribution in [3.05, 3.63) is 70.8 Å². The second kappa shape index (κ2) is 8.60. The number of rotatable bonds is 6. The topological polar surface area (TPSA) is 0 Å². The van der Waals surface area contributed by atoms with Gasteiger partial charge in [0, 0.05) is 0 Å². The van der Waals surface area contributed by atoms with Crippen molar-refractivity contribution in [2.24, 2.45) is 5.92 Å². The summed E-state index contributed by atoms with van der Waals surface area (Å²) in [5.74, 6) is 0.123. The largest absolute Gasteiger partial charge is 0.204 e. The molecule has 0 amide bonds. The molecule has 0 bridgehead atoms. The van der Waals surface area contributed by atoms with Gasteiger partial charge >= 0.3 is 0 Å². The fourth-order valence-corrected chi connectivity index (χ4v) is 4.13. The van der Waals surface area contributed by atoms with Crippen LogP contribution in [-0.4, -0.2) is 0 Å². The molecule has 1 aliphatic rings. The summed E-state index contributed by atoms with van der Waals surface area (Å²) in [5, 5.41) is 0. The van der Waals surface area contributed by atoms with E-state index in [1.807, 2.05) is 0 Å². The zero-order chi connectivity index (χ0) is 17.6. The van der Waals surface area contributed by atoms with Gasteiger partial charge in [0.25, 0.3) is 0 Å². The fraction of sp³-hybridized carbons (Fsp3) is 0.478. The number of hydrogen-bond donors (Lipinski definition) is 0. The normalized spacial score (nSPS) is 20.6. The Morgan fingerprint density at radius 2 is 1.44 bits per heavy atom. The maximum Gasteiger partial charge on any atom is 0.159 e. The van der Waals surface area contributed by atoms with Gasteiger partial charge in [0.2, 0.25) is 0 Å². The van der Waals surface area contributed by atoms with E-state index in [1.165, 1.54) is 61.8 Å². The molecule has 2 aromatic carbocycles. The molecule has 2 aromatic rings. The average Bonchev–Trinajstić information content (AvgIpc) is 2.64. The molecule has 2 heteroatoms. The maximum absolute atomic E-state index is 13.3. The molecule has 0 atom stereocenters. The van der Waals surface area contributed by atoms with Crippen molar-refractivity contribution < 1.29 is 8.78 Å². The molecule has 1 fully saturated rings. The SMILES string of the molecule is CCC[C@H]1CC[C@H](c2ccc(CCc3ccc(F)c(F)c3)cc2)CC1. The van der Waals surface area contributed by atoms with Crippen LogP contribution in [0.5, 0.6) is 0 Å². The van der Waals surface area contributed by atoms with Crippen LogP contribution in [0.4, 0.5) is 8.78 Å². The molecular weight excluding hydrogens is 314 g/mol. The van der Waals surface area contributed by atoms with Gasteiger partial charge in [-0.2, -0.15) is 0 Å². The Morgan fingerprint density at radius 3 is 2.08 bits per heavy atom. The molecule has 1 saturated carbocycles. The fourth-order valence-electron chi connectivity index (χ4n) is 4.13. The first kappa shape index (κ1) is 18.1. The molecule has 0 spiro atoms. The maximum atomic E-state index is 13.3. The van der Waals surface area contributed by atoms with Gasteiger partial charge in [0.1, 0.15) is 0 Å². The van der Waals surface area contributed by atoms with Crippen LogP contribution in [0, 0.1) is 17.6 Å². The minimum atomic E-state index is -0.776. The molecule has 0 aromatic heterocycles. The predicted molar refractivity (Wildman–Crippen MR) is 99.8 cm³/mol. The van der Waals surface area contributed by atoms with E-state index >= 15 is 0 Å². The molecular formula is C23H28F2. The molecule has 25 heavy (non-hydrogen) atoms. The molecule has 0 saturated heterocycles. The Labute approximate surface area is 150 Å². The number of aryl methyl sites for hydroxylation is 2. The molecule has 0 unspecified atom stereocenters. The van der Waals surface area contributed by atoms with Crippen molar-refractivity contribution in [1.82, 2.24) is 0 Å². The highest BCUT2D eigenvalue weighted by Crippen LogP contribution is 2.37. The lowest BCUT2D eigenvalue weighted by atomic mass is 9.77. The van der Waals surface area contributed by atoms with Gasteiger partial charge in [-0.1, -0.05) is 50.1 Å². The third-order valence-corrected chi connectivity index (χ3v) is 5.68. The quantitative estimate of drug-likeness (QED) is 0.540. The van der Waals surface area contributed by atoms with Gasteiger partial charge in [-0.15, -0.1) is 0 Å². The van der Waals surface area contributed by atoms with Crippen molar-refractivity contribution in [3.63, 3.8) is 0 Å². The van der Waals surface area contributed by atoms with E-state index in [0.29, 0.717) is 5.92 Å². The Kier molecular flexibility index (Phi) is 6.23. The molecule has 0 N–H and O–H groups in total. The molecule has 3 rings (SSSR count). The van der Waals surface area contributed by atoms with Crippen molar-refractivity contribution in [2.45, 2.75) is 64.2 Å². The average molecular weight is 342 g/mol. The summed E-state index contributed by atoms with van der Waals surface area (Å²) >= 11 is 0. The zero-order valence-electron chi connectivity index (χ0n) is 15.1. The van der Waals surface area contributed by atoms with Gasteiger partial charge in [0.05, 0.1) is 0 Å². The molecule has 134 valence electrons. The highest BCUT2D eigenvalue weighted by Gasteiger charge is 2.21. The minimum Gasteiger partial charge on any atom is -0.204 e. The first-order chi connectivity index (χ1) is 12.2. The predicted octanol–water partition coefficient (Wildman–Crippen LogP) is 6.82. The van der Waals surface area contributed by atoms with Gasteiger partial charge in [-0.3, -0.25) is 0 Å². The van der Waals surface area contributed by atoms with Crippen molar-refractivity contribution in [3.8, 4) is 0 Å². The first-order valence-electron chi connectivity index (χ1n) is 9.68. The van der Waals surface area contributed by atoms with Gasteiger partial charge < -0.3 is 0 Å². The summed E-state index contributed by atoms with van der Waals surface area (Å²) in [5.41, 5.74) is 3.57. The van der Waals surface area contributed by atoms with E-state index in [2.05, 4.69) is 31.2 Å². The highest BCUT2D eigenvalue weighted by atomic mass is 19.2. The molecule has 0 radical (unpaired) electrons. The van der Waals surface area contributed by atoms with E-state index in [4.69, 9.17) is 0 Å². The van der Waals surface area contributed by atoms with Crippen LogP contribution in [0.2, 0.25) is 0 Å². The Balaban J connectivity index is 1.53. The van der Waals surface area contributed by atoms with Crippen molar-refractivity contribution in [1.29, 1.82) is 0 Å². The lowest BCUT2D eigenvalue weighted by Crippen LogP contribution is -2.13. The van der Waals surface area contributed by atoms with E-state index in [-0.39, 0.29) is 0 Å². The van der Waals surface area contributed by atoms with E-state index in [9.17, 15) is 8.78 Å². The number of benzene rings is 2. The van der Waals surface area contributed by atoms with Gasteiger partial charge in [0.15, 0.2) is 11.6 Å². The molecule has 0 heterocycles. The third-order valence-electron chi connectivity index (χ3n) is 5.68. The standard InChI is InChI=1S/C23H28F2/c1-2-3-17-6-11-20(12-7-17)21-13-8-18(9-14-21)4-5-19-10-15-22(24)23(25)16-19/h8-10,13-17,20H,2-7,11-12H2,1H3/t17-,20-. The summed E-state index contributed by atoms with van der Waals surface area (Å²) in [6.45, 7) is 2.28. The number of hydrogen-bond acceptors (Lipinski definition) is 0. The monoisotopic (exact) mass is 342 g/mol. The summed E-state index contributed by atoms with van der Waals surface area (Å²) in [6, 6.07) is 13.1. The van der Waals surface area contributed by atoms with E-state index in [0.717, 1.165) is 24.3 Å². The molecule has 1 aliphatic carbocycles.